The van der Waals surface area contributed by atoms with E-state index in [2.05, 4.69) is 49.9 Å². The number of likely N-dealkylation sites (tertiary alicyclic amines) is 1. The van der Waals surface area contributed by atoms with E-state index in [1.807, 2.05) is 6.92 Å². The fraction of sp³-hybridized carbons (Fsp3) is 0.409. The van der Waals surface area contributed by atoms with Crippen molar-refractivity contribution in [2.75, 3.05) is 36.8 Å². The summed E-state index contributed by atoms with van der Waals surface area (Å²) in [5.74, 6) is 0.935. The molecule has 1 saturated heterocycles. The molecule has 0 spiro atoms. The van der Waals surface area contributed by atoms with Gasteiger partial charge in [0.2, 0.25) is 11.9 Å². The molecule has 31 heavy (non-hydrogen) atoms. The number of aromatic nitrogens is 2. The Hall–Kier alpha value is -3.67. The summed E-state index contributed by atoms with van der Waals surface area (Å²) in [6.45, 7) is 3.72. The number of allylic oxidation sites excluding steroid dienone is 3. The van der Waals surface area contributed by atoms with E-state index < -0.39 is 0 Å². The Labute approximate surface area is 182 Å². The summed E-state index contributed by atoms with van der Waals surface area (Å²) in [5, 5.41) is 15.3. The molecule has 0 aromatic carbocycles. The minimum Gasteiger partial charge on any atom is -0.403 e. The van der Waals surface area contributed by atoms with E-state index in [1.54, 1.807) is 11.1 Å². The van der Waals surface area contributed by atoms with Crippen molar-refractivity contribution < 1.29 is 4.79 Å². The van der Waals surface area contributed by atoms with Gasteiger partial charge in [0.05, 0.1) is 17.7 Å². The van der Waals surface area contributed by atoms with Crippen molar-refractivity contribution in [3.8, 4) is 6.07 Å². The standard InChI is InChI=1S/C22H28N8O/c1-16-11-27-22(29-21(16)26-12-17-5-3-2-4-6-17)28-19(10-24)13-25-14-20(31)30-8-7-18(9-23)15-30/h3,5-6,10-11,13,18H,2,4,7-8,12,14-15,24H2,1H3,(H2,26,27,28,29). The van der Waals surface area contributed by atoms with Gasteiger partial charge in [0.15, 0.2) is 0 Å². The zero-order chi connectivity index (χ0) is 22.1. The van der Waals surface area contributed by atoms with Gasteiger partial charge in [-0.1, -0.05) is 18.2 Å². The molecule has 1 unspecified atom stereocenters. The second-order valence-corrected chi connectivity index (χ2v) is 7.51. The number of aryl methyl sites for hydroxylation is 1. The molecule has 9 nitrogen and oxygen atoms in total. The van der Waals surface area contributed by atoms with Crippen LogP contribution in [-0.2, 0) is 4.79 Å². The number of anilines is 2. The van der Waals surface area contributed by atoms with Crippen LogP contribution in [0.1, 0.15) is 24.8 Å². The van der Waals surface area contributed by atoms with E-state index in [-0.39, 0.29) is 18.4 Å². The van der Waals surface area contributed by atoms with E-state index in [9.17, 15) is 4.79 Å². The smallest absolute Gasteiger partial charge is 0.244 e. The maximum Gasteiger partial charge on any atom is 0.244 e. The maximum absolute atomic E-state index is 12.2. The van der Waals surface area contributed by atoms with Gasteiger partial charge in [-0.3, -0.25) is 9.79 Å². The highest BCUT2D eigenvalue weighted by atomic mass is 16.2. The van der Waals surface area contributed by atoms with Crippen molar-refractivity contribution in [3.05, 3.63) is 47.5 Å². The molecule has 0 bridgehead atoms. The lowest BCUT2D eigenvalue weighted by Crippen LogP contribution is -2.30. The summed E-state index contributed by atoms with van der Waals surface area (Å²) >= 11 is 0. The van der Waals surface area contributed by atoms with E-state index in [0.717, 1.165) is 30.6 Å². The SMILES string of the molecule is Cc1cnc(NC(C=NCC(=O)N2CCC(C#N)C2)=CN)nc1NCC1=CCCC=C1. The molecule has 1 aromatic heterocycles. The second-order valence-electron chi connectivity index (χ2n) is 7.51. The molecular weight excluding hydrogens is 392 g/mol. The van der Waals surface area contributed by atoms with Crippen molar-refractivity contribution in [1.82, 2.24) is 14.9 Å². The van der Waals surface area contributed by atoms with Crippen molar-refractivity contribution in [3.63, 3.8) is 0 Å². The summed E-state index contributed by atoms with van der Waals surface area (Å²) in [4.78, 5) is 26.9. The number of hydrogen-bond acceptors (Lipinski definition) is 8. The number of rotatable bonds is 8. The maximum atomic E-state index is 12.2. The predicted octanol–water partition coefficient (Wildman–Crippen LogP) is 2.13. The monoisotopic (exact) mass is 420 g/mol. The van der Waals surface area contributed by atoms with Crippen LogP contribution >= 0.6 is 0 Å². The molecule has 0 saturated carbocycles. The van der Waals surface area contributed by atoms with Crippen LogP contribution in [0.5, 0.6) is 0 Å². The molecule has 1 fully saturated rings. The Balaban J connectivity index is 1.54. The zero-order valence-corrected chi connectivity index (χ0v) is 17.7. The number of nitrogens with zero attached hydrogens (tertiary/aromatic N) is 5. The number of nitrogens with one attached hydrogen (secondary N) is 2. The molecule has 1 amide bonds. The van der Waals surface area contributed by atoms with Gasteiger partial charge in [-0.2, -0.15) is 10.2 Å². The van der Waals surface area contributed by atoms with E-state index >= 15 is 0 Å². The fourth-order valence-corrected chi connectivity index (χ4v) is 3.33. The molecule has 1 aromatic rings. The number of carbonyl (C=O) groups is 1. The van der Waals surface area contributed by atoms with Crippen molar-refractivity contribution in [2.24, 2.45) is 16.6 Å². The average Bonchev–Trinajstić information content (AvgIpc) is 3.29. The lowest BCUT2D eigenvalue weighted by molar-refractivity contribution is -0.128. The van der Waals surface area contributed by atoms with Gasteiger partial charge in [-0.05, 0) is 31.8 Å². The summed E-state index contributed by atoms with van der Waals surface area (Å²) in [7, 11) is 0. The number of aliphatic imine (C=N–C) groups is 1. The van der Waals surface area contributed by atoms with Crippen molar-refractivity contribution >= 4 is 23.9 Å². The van der Waals surface area contributed by atoms with Crippen LogP contribution < -0.4 is 16.4 Å². The summed E-state index contributed by atoms with van der Waals surface area (Å²) < 4.78 is 0. The Kier molecular flexibility index (Phi) is 7.76. The Morgan fingerprint density at radius 1 is 1.48 bits per heavy atom. The highest BCUT2D eigenvalue weighted by molar-refractivity contribution is 5.85. The van der Waals surface area contributed by atoms with E-state index in [4.69, 9.17) is 11.0 Å². The highest BCUT2D eigenvalue weighted by Gasteiger charge is 2.25. The highest BCUT2D eigenvalue weighted by Crippen LogP contribution is 2.16. The molecule has 0 radical (unpaired) electrons. The normalized spacial score (nSPS) is 18.7. The average molecular weight is 421 g/mol. The zero-order valence-electron chi connectivity index (χ0n) is 17.7. The first-order chi connectivity index (χ1) is 15.1. The molecule has 162 valence electrons. The topological polar surface area (TPSA) is 132 Å². The van der Waals surface area contributed by atoms with Crippen LogP contribution in [-0.4, -0.2) is 53.2 Å². The molecule has 4 N–H and O–H groups in total. The van der Waals surface area contributed by atoms with Gasteiger partial charge in [0, 0.05) is 43.8 Å². The minimum atomic E-state index is -0.102. The third kappa shape index (κ3) is 6.40. The summed E-state index contributed by atoms with van der Waals surface area (Å²) in [6, 6.07) is 2.20. The van der Waals surface area contributed by atoms with Crippen LogP contribution in [0, 0.1) is 24.2 Å². The van der Waals surface area contributed by atoms with Crippen LogP contribution in [0.3, 0.4) is 0 Å². The Morgan fingerprint density at radius 2 is 2.35 bits per heavy atom. The molecule has 2 aliphatic rings. The fourth-order valence-electron chi connectivity index (χ4n) is 3.33. The molecular formula is C22H28N8O. The van der Waals surface area contributed by atoms with Crippen LogP contribution in [0.4, 0.5) is 11.8 Å². The summed E-state index contributed by atoms with van der Waals surface area (Å²) in [5.41, 5.74) is 8.34. The Morgan fingerprint density at radius 3 is 3.06 bits per heavy atom. The largest absolute Gasteiger partial charge is 0.403 e. The van der Waals surface area contributed by atoms with Gasteiger partial charge < -0.3 is 21.3 Å². The van der Waals surface area contributed by atoms with Crippen LogP contribution in [0.2, 0.25) is 0 Å². The molecule has 9 heteroatoms. The molecule has 1 aliphatic carbocycles. The number of hydrogen-bond donors (Lipinski definition) is 3. The van der Waals surface area contributed by atoms with Crippen molar-refractivity contribution in [1.29, 1.82) is 5.26 Å². The number of nitriles is 1. The molecule has 2 heterocycles. The molecule has 1 atom stereocenters. The lowest BCUT2D eigenvalue weighted by Gasteiger charge is -2.14. The van der Waals surface area contributed by atoms with Crippen LogP contribution in [0.25, 0.3) is 0 Å². The van der Waals surface area contributed by atoms with E-state index in [1.165, 1.54) is 18.0 Å². The number of amides is 1. The van der Waals surface area contributed by atoms with Crippen LogP contribution in [0.15, 0.2) is 46.9 Å². The molecule has 3 rings (SSSR count). The molecule has 1 aliphatic heterocycles. The van der Waals surface area contributed by atoms with Gasteiger partial charge in [0.1, 0.15) is 12.4 Å². The first-order valence-corrected chi connectivity index (χ1v) is 10.4. The van der Waals surface area contributed by atoms with Crippen molar-refractivity contribution in [2.45, 2.75) is 26.2 Å². The quantitative estimate of drug-likeness (QED) is 0.549. The Bertz CT molecular complexity index is 957. The minimum absolute atomic E-state index is 0.00135. The second kappa shape index (κ2) is 10.9. The number of carbonyl (C=O) groups excluding carboxylic acids is 1. The van der Waals surface area contributed by atoms with Gasteiger partial charge in [0.25, 0.3) is 0 Å². The third-order valence-corrected chi connectivity index (χ3v) is 5.12. The third-order valence-electron chi connectivity index (χ3n) is 5.12. The predicted molar refractivity (Wildman–Crippen MR) is 121 cm³/mol. The van der Waals surface area contributed by atoms with Gasteiger partial charge in [-0.15, -0.1) is 0 Å². The van der Waals surface area contributed by atoms with Gasteiger partial charge in [-0.25, -0.2) is 4.98 Å². The summed E-state index contributed by atoms with van der Waals surface area (Å²) in [6.07, 6.45) is 14.0. The van der Waals surface area contributed by atoms with Gasteiger partial charge >= 0.3 is 0 Å². The van der Waals surface area contributed by atoms with E-state index in [0.29, 0.717) is 31.3 Å². The first kappa shape index (κ1) is 22.0. The lowest BCUT2D eigenvalue weighted by atomic mass is 10.1. The number of nitrogens with two attached hydrogens (primary N) is 1. The first-order valence-electron chi connectivity index (χ1n) is 10.4.